The third kappa shape index (κ3) is 4.22. The molecule has 2 rings (SSSR count). The molecule has 0 aliphatic heterocycles. The van der Waals surface area contributed by atoms with Gasteiger partial charge in [0, 0.05) is 17.7 Å². The Labute approximate surface area is 142 Å². The third-order valence-corrected chi connectivity index (χ3v) is 3.23. The molecule has 1 amide bonds. The molecular weight excluding hydrogens is 330 g/mol. The van der Waals surface area contributed by atoms with Gasteiger partial charge in [-0.3, -0.25) is 14.9 Å². The van der Waals surface area contributed by atoms with Gasteiger partial charge in [0.1, 0.15) is 11.5 Å². The highest BCUT2D eigenvalue weighted by atomic mass is 16.6. The molecular formula is C16H15N3O6. The molecule has 0 atom stereocenters. The Morgan fingerprint density at radius 2 is 2.00 bits per heavy atom. The molecule has 9 heteroatoms. The molecule has 25 heavy (non-hydrogen) atoms. The van der Waals surface area contributed by atoms with Crippen molar-refractivity contribution >= 4 is 17.8 Å². The lowest BCUT2D eigenvalue weighted by molar-refractivity contribution is -0.385. The largest absolute Gasteiger partial charge is 0.502 e. The number of nitrogens with one attached hydrogen (secondary N) is 1. The highest BCUT2D eigenvalue weighted by Crippen LogP contribution is 2.26. The van der Waals surface area contributed by atoms with Crippen molar-refractivity contribution in [2.45, 2.75) is 0 Å². The fourth-order valence-electron chi connectivity index (χ4n) is 1.98. The Kier molecular flexibility index (Phi) is 5.51. The second-order valence-corrected chi connectivity index (χ2v) is 4.77. The van der Waals surface area contributed by atoms with Gasteiger partial charge in [0.2, 0.25) is 0 Å². The van der Waals surface area contributed by atoms with Gasteiger partial charge in [-0.1, -0.05) is 0 Å². The SMILES string of the molecule is COc1ccc(C(=O)N/N=C\c2ccc(O)c([N+](=O)[O-])c2)c(OC)c1. The molecule has 2 N–H and O–H groups in total. The van der Waals surface area contributed by atoms with Gasteiger partial charge in [-0.15, -0.1) is 0 Å². The number of phenolic OH excluding ortho intramolecular Hbond substituents is 1. The van der Waals surface area contributed by atoms with Crippen molar-refractivity contribution in [1.82, 2.24) is 5.43 Å². The number of benzene rings is 2. The molecule has 130 valence electrons. The van der Waals surface area contributed by atoms with E-state index in [1.54, 1.807) is 12.1 Å². The molecule has 2 aromatic carbocycles. The first-order chi connectivity index (χ1) is 12.0. The van der Waals surface area contributed by atoms with Gasteiger partial charge in [-0.2, -0.15) is 5.10 Å². The van der Waals surface area contributed by atoms with Crippen LogP contribution in [-0.4, -0.2) is 36.4 Å². The maximum Gasteiger partial charge on any atom is 0.311 e. The van der Waals surface area contributed by atoms with Crippen LogP contribution >= 0.6 is 0 Å². The summed E-state index contributed by atoms with van der Waals surface area (Å²) in [5.41, 5.74) is 2.44. The molecule has 9 nitrogen and oxygen atoms in total. The predicted octanol–water partition coefficient (Wildman–Crippen LogP) is 2.08. The average Bonchev–Trinajstić information content (AvgIpc) is 2.62. The summed E-state index contributed by atoms with van der Waals surface area (Å²) in [6.07, 6.45) is 1.22. The number of nitro groups is 1. The molecule has 0 bridgehead atoms. The predicted molar refractivity (Wildman–Crippen MR) is 89.4 cm³/mol. The zero-order valence-electron chi connectivity index (χ0n) is 13.4. The Morgan fingerprint density at radius 3 is 2.64 bits per heavy atom. The van der Waals surface area contributed by atoms with Crippen molar-refractivity contribution < 1.29 is 24.3 Å². The van der Waals surface area contributed by atoms with Crippen molar-refractivity contribution in [2.75, 3.05) is 14.2 Å². The molecule has 0 fully saturated rings. The summed E-state index contributed by atoms with van der Waals surface area (Å²) in [6, 6.07) is 8.42. The smallest absolute Gasteiger partial charge is 0.311 e. The van der Waals surface area contributed by atoms with E-state index in [9.17, 15) is 20.0 Å². The Bertz CT molecular complexity index is 835. The first-order valence-corrected chi connectivity index (χ1v) is 6.99. The second kappa shape index (κ2) is 7.77. The van der Waals surface area contributed by atoms with E-state index in [1.807, 2.05) is 0 Å². The zero-order chi connectivity index (χ0) is 18.4. The standard InChI is InChI=1S/C16H15N3O6/c1-24-11-4-5-12(15(8-11)25-2)16(21)18-17-9-10-3-6-14(20)13(7-10)19(22)23/h3-9,20H,1-2H3,(H,18,21)/b17-9-. The van der Waals surface area contributed by atoms with Crippen LogP contribution in [0.4, 0.5) is 5.69 Å². The molecule has 0 aromatic heterocycles. The average molecular weight is 345 g/mol. The van der Waals surface area contributed by atoms with Crippen LogP contribution in [0.2, 0.25) is 0 Å². The normalized spacial score (nSPS) is 10.5. The van der Waals surface area contributed by atoms with Crippen LogP contribution in [0.1, 0.15) is 15.9 Å². The second-order valence-electron chi connectivity index (χ2n) is 4.77. The number of ether oxygens (including phenoxy) is 2. The van der Waals surface area contributed by atoms with Crippen LogP contribution in [0.25, 0.3) is 0 Å². The third-order valence-electron chi connectivity index (χ3n) is 3.23. The summed E-state index contributed by atoms with van der Waals surface area (Å²) in [7, 11) is 2.92. The van der Waals surface area contributed by atoms with Crippen molar-refractivity contribution in [3.05, 3.63) is 57.6 Å². The summed E-state index contributed by atoms with van der Waals surface area (Å²) in [5, 5.41) is 23.9. The number of rotatable bonds is 6. The van der Waals surface area contributed by atoms with Gasteiger partial charge in [0.25, 0.3) is 5.91 Å². The fourth-order valence-corrected chi connectivity index (χ4v) is 1.98. The number of carbonyl (C=O) groups is 1. The lowest BCUT2D eigenvalue weighted by Gasteiger charge is -2.08. The van der Waals surface area contributed by atoms with Crippen molar-refractivity contribution in [3.8, 4) is 17.2 Å². The van der Waals surface area contributed by atoms with Gasteiger partial charge in [-0.25, -0.2) is 5.43 Å². The van der Waals surface area contributed by atoms with Crippen LogP contribution in [0.15, 0.2) is 41.5 Å². The number of nitro benzene ring substituents is 1. The number of aromatic hydroxyl groups is 1. The van der Waals surface area contributed by atoms with E-state index in [4.69, 9.17) is 9.47 Å². The molecule has 0 radical (unpaired) electrons. The van der Waals surface area contributed by atoms with E-state index in [-0.39, 0.29) is 5.56 Å². The summed E-state index contributed by atoms with van der Waals surface area (Å²) in [5.74, 6) is -0.126. The minimum absolute atomic E-state index is 0.247. The van der Waals surface area contributed by atoms with Crippen LogP contribution in [0.5, 0.6) is 17.2 Å². The maximum atomic E-state index is 12.1. The topological polar surface area (TPSA) is 123 Å². The lowest BCUT2D eigenvalue weighted by Crippen LogP contribution is -2.18. The van der Waals surface area contributed by atoms with Gasteiger partial charge < -0.3 is 14.6 Å². The Hall–Kier alpha value is -3.62. The lowest BCUT2D eigenvalue weighted by atomic mass is 10.2. The Morgan fingerprint density at radius 1 is 1.24 bits per heavy atom. The van der Waals surface area contributed by atoms with Crippen molar-refractivity contribution in [2.24, 2.45) is 5.10 Å². The molecule has 0 unspecified atom stereocenters. The molecule has 0 saturated carbocycles. The minimum Gasteiger partial charge on any atom is -0.502 e. The van der Waals surface area contributed by atoms with Gasteiger partial charge in [-0.05, 0) is 24.3 Å². The van der Waals surface area contributed by atoms with Crippen LogP contribution < -0.4 is 14.9 Å². The number of hydrazone groups is 1. The number of carbonyl (C=O) groups excluding carboxylic acids is 1. The van der Waals surface area contributed by atoms with Gasteiger partial charge in [0.15, 0.2) is 5.75 Å². The highest BCUT2D eigenvalue weighted by Gasteiger charge is 2.14. The van der Waals surface area contributed by atoms with Crippen molar-refractivity contribution in [3.63, 3.8) is 0 Å². The molecule has 0 aliphatic carbocycles. The molecule has 0 saturated heterocycles. The Balaban J connectivity index is 2.13. The van der Waals surface area contributed by atoms with E-state index < -0.39 is 22.3 Å². The first kappa shape index (κ1) is 17.7. The van der Waals surface area contributed by atoms with Crippen LogP contribution in [-0.2, 0) is 0 Å². The molecule has 2 aromatic rings. The van der Waals surface area contributed by atoms with Crippen molar-refractivity contribution in [1.29, 1.82) is 0 Å². The van der Waals surface area contributed by atoms with Gasteiger partial charge >= 0.3 is 5.69 Å². The van der Waals surface area contributed by atoms with E-state index in [0.29, 0.717) is 17.1 Å². The number of nitrogens with zero attached hydrogens (tertiary/aromatic N) is 2. The van der Waals surface area contributed by atoms with Gasteiger partial charge in [0.05, 0.1) is 30.9 Å². The van der Waals surface area contributed by atoms with E-state index in [0.717, 1.165) is 6.07 Å². The quantitative estimate of drug-likeness (QED) is 0.469. The van der Waals surface area contributed by atoms with E-state index in [1.165, 1.54) is 38.6 Å². The highest BCUT2D eigenvalue weighted by molar-refractivity contribution is 5.97. The molecule has 0 spiro atoms. The van der Waals surface area contributed by atoms with E-state index in [2.05, 4.69) is 10.5 Å². The monoisotopic (exact) mass is 345 g/mol. The zero-order valence-corrected chi connectivity index (χ0v) is 13.4. The number of phenols is 1. The number of hydrogen-bond acceptors (Lipinski definition) is 7. The summed E-state index contributed by atoms with van der Waals surface area (Å²) < 4.78 is 10.2. The summed E-state index contributed by atoms with van der Waals surface area (Å²) >= 11 is 0. The molecule has 0 heterocycles. The summed E-state index contributed by atoms with van der Waals surface area (Å²) in [6.45, 7) is 0. The van der Waals surface area contributed by atoms with Crippen LogP contribution in [0, 0.1) is 10.1 Å². The van der Waals surface area contributed by atoms with E-state index >= 15 is 0 Å². The number of amides is 1. The van der Waals surface area contributed by atoms with Crippen LogP contribution in [0.3, 0.4) is 0 Å². The summed E-state index contributed by atoms with van der Waals surface area (Å²) in [4.78, 5) is 22.2. The maximum absolute atomic E-state index is 12.1. The molecule has 0 aliphatic rings. The first-order valence-electron chi connectivity index (χ1n) is 6.99. The minimum atomic E-state index is -0.715. The number of hydrogen-bond donors (Lipinski definition) is 2. The fraction of sp³-hybridized carbons (Fsp3) is 0.125. The number of methoxy groups -OCH3 is 2.